The third-order valence-electron chi connectivity index (χ3n) is 3.45. The number of carbonyl (C=O) groups excluding carboxylic acids is 1. The molecule has 1 amide bonds. The minimum Gasteiger partial charge on any atom is -0.356 e. The summed E-state index contributed by atoms with van der Waals surface area (Å²) in [7, 11) is 0. The van der Waals surface area contributed by atoms with Crippen LogP contribution in [0.3, 0.4) is 0 Å². The summed E-state index contributed by atoms with van der Waals surface area (Å²) in [5.41, 5.74) is 3.17. The highest BCUT2D eigenvalue weighted by atomic mass is 16.1. The van der Waals surface area contributed by atoms with E-state index in [-0.39, 0.29) is 5.91 Å². The van der Waals surface area contributed by atoms with Crippen molar-refractivity contribution < 1.29 is 4.79 Å². The van der Waals surface area contributed by atoms with Gasteiger partial charge in [0.05, 0.1) is 12.1 Å². The smallest absolute Gasteiger partial charge is 0.224 e. The number of rotatable bonds is 7. The Kier molecular flexibility index (Phi) is 6.24. The third-order valence-corrected chi connectivity index (χ3v) is 3.45. The normalized spacial score (nSPS) is 11.4. The number of nitrogens with one attached hydrogen (secondary N) is 1. The van der Waals surface area contributed by atoms with E-state index in [1.807, 2.05) is 11.6 Å². The maximum Gasteiger partial charge on any atom is 0.224 e. The van der Waals surface area contributed by atoms with E-state index in [2.05, 4.69) is 45.0 Å². The van der Waals surface area contributed by atoms with Crippen molar-refractivity contribution >= 4 is 5.91 Å². The number of amides is 1. The van der Waals surface area contributed by atoms with E-state index < -0.39 is 0 Å². The Labute approximate surface area is 122 Å². The summed E-state index contributed by atoms with van der Waals surface area (Å²) in [4.78, 5) is 12.0. The molecule has 4 heteroatoms. The molecule has 114 valence electrons. The molecular formula is C16H29N3O. The van der Waals surface area contributed by atoms with Crippen molar-refractivity contribution in [3.05, 3.63) is 17.0 Å². The molecule has 0 fully saturated rings. The molecule has 1 rings (SSSR count). The van der Waals surface area contributed by atoms with Crippen LogP contribution in [0.1, 0.15) is 51.1 Å². The predicted molar refractivity (Wildman–Crippen MR) is 82.7 cm³/mol. The summed E-state index contributed by atoms with van der Waals surface area (Å²) in [6.07, 6.45) is 1.46. The van der Waals surface area contributed by atoms with Gasteiger partial charge >= 0.3 is 0 Å². The predicted octanol–water partition coefficient (Wildman–Crippen LogP) is 2.86. The van der Waals surface area contributed by atoms with Gasteiger partial charge in [-0.2, -0.15) is 5.10 Å². The van der Waals surface area contributed by atoms with Crippen molar-refractivity contribution in [2.75, 3.05) is 6.54 Å². The zero-order valence-electron chi connectivity index (χ0n) is 13.8. The first kappa shape index (κ1) is 16.7. The van der Waals surface area contributed by atoms with E-state index in [1.165, 1.54) is 0 Å². The van der Waals surface area contributed by atoms with Gasteiger partial charge in [-0.3, -0.25) is 9.48 Å². The Bertz CT molecular complexity index is 447. The highest BCUT2D eigenvalue weighted by molar-refractivity contribution is 5.79. The third kappa shape index (κ3) is 4.99. The number of hydrogen-bond acceptors (Lipinski definition) is 2. The van der Waals surface area contributed by atoms with Gasteiger partial charge in [-0.25, -0.2) is 0 Å². The molecule has 1 heterocycles. The van der Waals surface area contributed by atoms with Crippen LogP contribution in [-0.4, -0.2) is 22.2 Å². The van der Waals surface area contributed by atoms with Crippen LogP contribution in [0.2, 0.25) is 0 Å². The number of carbonyl (C=O) groups is 1. The highest BCUT2D eigenvalue weighted by Gasteiger charge is 2.15. The number of aryl methyl sites for hydroxylation is 1. The van der Waals surface area contributed by atoms with Gasteiger partial charge in [-0.1, -0.05) is 27.7 Å². The van der Waals surface area contributed by atoms with Crippen molar-refractivity contribution in [3.8, 4) is 0 Å². The van der Waals surface area contributed by atoms with E-state index in [9.17, 15) is 4.79 Å². The largest absolute Gasteiger partial charge is 0.356 e. The summed E-state index contributed by atoms with van der Waals surface area (Å²) in [6, 6.07) is 0. The van der Waals surface area contributed by atoms with Crippen LogP contribution in [-0.2, 0) is 17.8 Å². The summed E-state index contributed by atoms with van der Waals surface area (Å²) >= 11 is 0. The van der Waals surface area contributed by atoms with Crippen molar-refractivity contribution in [1.29, 1.82) is 0 Å². The van der Waals surface area contributed by atoms with Gasteiger partial charge in [-0.15, -0.1) is 0 Å². The second kappa shape index (κ2) is 7.46. The fourth-order valence-electron chi connectivity index (χ4n) is 2.24. The summed E-state index contributed by atoms with van der Waals surface area (Å²) < 4.78 is 2.02. The van der Waals surface area contributed by atoms with E-state index in [0.29, 0.717) is 18.3 Å². The van der Waals surface area contributed by atoms with Crippen LogP contribution in [0.25, 0.3) is 0 Å². The quantitative estimate of drug-likeness (QED) is 0.834. The molecule has 1 aromatic rings. The standard InChI is InChI=1S/C16H29N3O/c1-11(2)7-8-17-16(20)9-15-13(5)18-19(14(15)6)10-12(3)4/h11-12H,7-10H2,1-6H3,(H,17,20). The van der Waals surface area contributed by atoms with Crippen LogP contribution in [0, 0.1) is 25.7 Å². The topological polar surface area (TPSA) is 46.9 Å². The number of aromatic nitrogens is 2. The van der Waals surface area contributed by atoms with E-state index in [4.69, 9.17) is 0 Å². The Morgan fingerprint density at radius 1 is 1.20 bits per heavy atom. The summed E-state index contributed by atoms with van der Waals surface area (Å²) in [5.74, 6) is 1.27. The van der Waals surface area contributed by atoms with Crippen LogP contribution in [0.15, 0.2) is 0 Å². The molecule has 0 spiro atoms. The van der Waals surface area contributed by atoms with Crippen molar-refractivity contribution in [2.24, 2.45) is 11.8 Å². The van der Waals surface area contributed by atoms with Crippen LogP contribution >= 0.6 is 0 Å². The Morgan fingerprint density at radius 2 is 1.85 bits per heavy atom. The summed E-state index contributed by atoms with van der Waals surface area (Å²) in [6.45, 7) is 14.4. The van der Waals surface area contributed by atoms with Gasteiger partial charge in [0, 0.05) is 24.3 Å². The molecule has 0 radical (unpaired) electrons. The molecule has 4 nitrogen and oxygen atoms in total. The fourth-order valence-corrected chi connectivity index (χ4v) is 2.24. The van der Waals surface area contributed by atoms with E-state index in [0.717, 1.165) is 36.5 Å². The average Bonchev–Trinajstić information content (AvgIpc) is 2.55. The van der Waals surface area contributed by atoms with Gasteiger partial charge in [0.25, 0.3) is 0 Å². The molecule has 0 aliphatic rings. The lowest BCUT2D eigenvalue weighted by atomic mass is 10.1. The molecule has 0 bridgehead atoms. The van der Waals surface area contributed by atoms with Gasteiger partial charge < -0.3 is 5.32 Å². The zero-order valence-corrected chi connectivity index (χ0v) is 13.8. The zero-order chi connectivity index (χ0) is 15.3. The van der Waals surface area contributed by atoms with E-state index in [1.54, 1.807) is 0 Å². The van der Waals surface area contributed by atoms with Gasteiger partial charge in [0.15, 0.2) is 0 Å². The lowest BCUT2D eigenvalue weighted by Crippen LogP contribution is -2.27. The van der Waals surface area contributed by atoms with Crippen molar-refractivity contribution in [1.82, 2.24) is 15.1 Å². The molecule has 0 atom stereocenters. The Morgan fingerprint density at radius 3 is 2.40 bits per heavy atom. The maximum absolute atomic E-state index is 12.0. The lowest BCUT2D eigenvalue weighted by Gasteiger charge is -2.09. The molecule has 1 aromatic heterocycles. The average molecular weight is 279 g/mol. The lowest BCUT2D eigenvalue weighted by molar-refractivity contribution is -0.120. The van der Waals surface area contributed by atoms with Crippen LogP contribution in [0.5, 0.6) is 0 Å². The highest BCUT2D eigenvalue weighted by Crippen LogP contribution is 2.15. The first-order valence-electron chi connectivity index (χ1n) is 7.60. The molecule has 0 aliphatic heterocycles. The van der Waals surface area contributed by atoms with Crippen LogP contribution < -0.4 is 5.32 Å². The molecule has 0 saturated heterocycles. The van der Waals surface area contributed by atoms with Crippen molar-refractivity contribution in [3.63, 3.8) is 0 Å². The first-order chi connectivity index (χ1) is 9.31. The second-order valence-electron chi connectivity index (χ2n) is 6.43. The van der Waals surface area contributed by atoms with Crippen molar-refractivity contribution in [2.45, 2.75) is 60.9 Å². The monoisotopic (exact) mass is 279 g/mol. The van der Waals surface area contributed by atoms with Gasteiger partial charge in [0.2, 0.25) is 5.91 Å². The molecule has 0 saturated carbocycles. The van der Waals surface area contributed by atoms with E-state index >= 15 is 0 Å². The van der Waals surface area contributed by atoms with Gasteiger partial charge in [-0.05, 0) is 32.1 Å². The SMILES string of the molecule is Cc1nn(CC(C)C)c(C)c1CC(=O)NCCC(C)C. The Hall–Kier alpha value is -1.32. The molecule has 0 aliphatic carbocycles. The van der Waals surface area contributed by atoms with Gasteiger partial charge in [0.1, 0.15) is 0 Å². The molecule has 1 N–H and O–H groups in total. The molecule has 0 unspecified atom stereocenters. The minimum atomic E-state index is 0.0981. The molecular weight excluding hydrogens is 250 g/mol. The number of nitrogens with zero attached hydrogens (tertiary/aromatic N) is 2. The first-order valence-corrected chi connectivity index (χ1v) is 7.60. The Balaban J connectivity index is 2.63. The second-order valence-corrected chi connectivity index (χ2v) is 6.43. The maximum atomic E-state index is 12.0. The molecule has 20 heavy (non-hydrogen) atoms. The molecule has 0 aromatic carbocycles. The fraction of sp³-hybridized carbons (Fsp3) is 0.750. The van der Waals surface area contributed by atoms with Crippen LogP contribution in [0.4, 0.5) is 0 Å². The number of hydrogen-bond donors (Lipinski definition) is 1. The summed E-state index contributed by atoms with van der Waals surface area (Å²) in [5, 5.41) is 7.54. The minimum absolute atomic E-state index is 0.0981.